The lowest BCUT2D eigenvalue weighted by Crippen LogP contribution is -2.63. The summed E-state index contributed by atoms with van der Waals surface area (Å²) >= 11 is 5.96. The molecule has 5 amide bonds. The van der Waals surface area contributed by atoms with E-state index in [1.54, 1.807) is 32.9 Å². The van der Waals surface area contributed by atoms with Crippen molar-refractivity contribution in [3.8, 4) is 0 Å². The van der Waals surface area contributed by atoms with E-state index in [1.807, 2.05) is 59.3 Å². The highest BCUT2D eigenvalue weighted by Gasteiger charge is 2.44. The maximum Gasteiger partial charge on any atom is 0.408 e. The molecule has 1 unspecified atom stereocenters. The summed E-state index contributed by atoms with van der Waals surface area (Å²) in [7, 11) is 0. The molecule has 5 N–H and O–H groups in total. The molecule has 83 heavy (non-hydrogen) atoms. The van der Waals surface area contributed by atoms with Gasteiger partial charge in [-0.15, -0.1) is 0 Å². The second-order valence-electron chi connectivity index (χ2n) is 24.6. The predicted octanol–water partition coefficient (Wildman–Crippen LogP) is 8.12. The number of carbonyl (C=O) groups is 5. The summed E-state index contributed by atoms with van der Waals surface area (Å²) in [5.41, 5.74) is 1.59. The summed E-state index contributed by atoms with van der Waals surface area (Å²) in [5.74, 6) is 0.995. The van der Waals surface area contributed by atoms with Crippen LogP contribution in [0.1, 0.15) is 151 Å². The van der Waals surface area contributed by atoms with Crippen molar-refractivity contribution in [2.75, 3.05) is 83.6 Å². The minimum absolute atomic E-state index is 0.0682. The van der Waals surface area contributed by atoms with Gasteiger partial charge in [0.05, 0.1) is 30.7 Å². The van der Waals surface area contributed by atoms with Gasteiger partial charge in [-0.05, 0) is 152 Å². The molecular weight excluding hydrogens is 1070 g/mol. The molecule has 4 aliphatic heterocycles. The number of alkyl carbamates (subject to hydrolysis) is 1. The Morgan fingerprint density at radius 2 is 1.53 bits per heavy atom. The molecule has 6 fully saturated rings. The number of benzene rings is 2. The number of nitrogens with one attached hydrogen (secondary N) is 5. The predicted molar refractivity (Wildman–Crippen MR) is 321 cm³/mol. The zero-order valence-electron chi connectivity index (χ0n) is 49.4. The lowest BCUT2D eigenvalue weighted by molar-refractivity contribution is -0.139. The number of aromatic amines is 1. The topological polar surface area (TPSA) is 216 Å². The van der Waals surface area contributed by atoms with Gasteiger partial charge in [0.2, 0.25) is 17.7 Å². The van der Waals surface area contributed by atoms with E-state index >= 15 is 0 Å². The number of piperidine rings is 4. The van der Waals surface area contributed by atoms with E-state index in [2.05, 4.69) is 52.1 Å². The molecule has 4 saturated heterocycles. The first-order valence-electron chi connectivity index (χ1n) is 30.8. The number of aromatic nitrogens is 3. The van der Waals surface area contributed by atoms with Crippen LogP contribution in [0.4, 0.5) is 10.6 Å². The first-order valence-corrected chi connectivity index (χ1v) is 31.2. The molecule has 2 aliphatic carbocycles. The molecular formula is C63H90ClN11O8. The van der Waals surface area contributed by atoms with Crippen LogP contribution in [0.15, 0.2) is 67.1 Å². The largest absolute Gasteiger partial charge is 0.444 e. The highest BCUT2D eigenvalue weighted by molar-refractivity contribution is 6.30. The number of fused-ring (bicyclic) bond motifs is 1. The molecule has 452 valence electrons. The lowest BCUT2D eigenvalue weighted by Gasteiger charge is -2.41. The molecule has 2 atom stereocenters. The third-order valence-electron chi connectivity index (χ3n) is 17.4. The summed E-state index contributed by atoms with van der Waals surface area (Å²) < 4.78 is 17.5. The minimum Gasteiger partial charge on any atom is -0.444 e. The number of amides is 5. The second-order valence-corrected chi connectivity index (χ2v) is 25.1. The smallest absolute Gasteiger partial charge is 0.408 e. The number of anilines is 1. The quantitative estimate of drug-likeness (QED) is 0.0562. The fraction of sp³-hybridized carbons (Fsp3) is 0.635. The van der Waals surface area contributed by atoms with Gasteiger partial charge in [0.1, 0.15) is 35.0 Å². The van der Waals surface area contributed by atoms with Gasteiger partial charge in [-0.3, -0.25) is 19.2 Å². The number of nitrogens with zero attached hydrogens (tertiary/aromatic N) is 6. The van der Waals surface area contributed by atoms with E-state index < -0.39 is 23.3 Å². The summed E-state index contributed by atoms with van der Waals surface area (Å²) in [6.45, 7) is 16.7. The van der Waals surface area contributed by atoms with Crippen molar-refractivity contribution in [2.24, 2.45) is 5.92 Å². The van der Waals surface area contributed by atoms with Gasteiger partial charge in [0.15, 0.2) is 0 Å². The monoisotopic (exact) mass is 1160 g/mol. The van der Waals surface area contributed by atoms with Crippen molar-refractivity contribution in [1.82, 2.24) is 50.9 Å². The summed E-state index contributed by atoms with van der Waals surface area (Å²) in [4.78, 5) is 87.3. The fourth-order valence-electron chi connectivity index (χ4n) is 12.5. The summed E-state index contributed by atoms with van der Waals surface area (Å²) in [6.07, 6.45) is 17.5. The van der Waals surface area contributed by atoms with E-state index in [0.29, 0.717) is 81.4 Å². The molecule has 2 aromatic carbocycles. The molecule has 2 aromatic heterocycles. The number of hydrogen-bond donors (Lipinski definition) is 5. The first-order chi connectivity index (χ1) is 40.1. The van der Waals surface area contributed by atoms with E-state index in [9.17, 15) is 24.0 Å². The fourth-order valence-corrected chi connectivity index (χ4v) is 12.6. The maximum atomic E-state index is 14.1. The molecule has 0 bridgehead atoms. The highest BCUT2D eigenvalue weighted by Crippen LogP contribution is 2.33. The van der Waals surface area contributed by atoms with Crippen LogP contribution in [0.25, 0.3) is 11.0 Å². The normalized spacial score (nSPS) is 20.7. The zero-order valence-corrected chi connectivity index (χ0v) is 50.2. The van der Waals surface area contributed by atoms with Gasteiger partial charge in [-0.25, -0.2) is 14.8 Å². The van der Waals surface area contributed by atoms with Crippen LogP contribution in [0, 0.1) is 5.92 Å². The Morgan fingerprint density at radius 1 is 0.807 bits per heavy atom. The molecule has 10 rings (SSSR count). The molecule has 19 nitrogen and oxygen atoms in total. The number of ether oxygens (including phenoxy) is 3. The van der Waals surface area contributed by atoms with E-state index in [1.165, 1.54) is 25.6 Å². The third-order valence-corrected chi connectivity index (χ3v) is 17.7. The Balaban J connectivity index is 0.000000213. The number of likely N-dealkylation sites (tertiary alicyclic amines) is 3. The van der Waals surface area contributed by atoms with Gasteiger partial charge in [0, 0.05) is 101 Å². The van der Waals surface area contributed by atoms with Crippen LogP contribution in [-0.4, -0.2) is 173 Å². The number of H-pyrrole nitrogens is 1. The van der Waals surface area contributed by atoms with E-state index in [4.69, 9.17) is 25.8 Å². The second kappa shape index (κ2) is 29.3. The van der Waals surface area contributed by atoms with Crippen LogP contribution in [0.5, 0.6) is 0 Å². The van der Waals surface area contributed by atoms with Crippen molar-refractivity contribution in [3.63, 3.8) is 0 Å². The Kier molecular flexibility index (Phi) is 21.8. The number of carbonyl (C=O) groups excluding carboxylic acids is 5. The van der Waals surface area contributed by atoms with Crippen LogP contribution in [0.2, 0.25) is 5.02 Å². The van der Waals surface area contributed by atoms with Crippen LogP contribution >= 0.6 is 11.6 Å². The van der Waals surface area contributed by atoms with Gasteiger partial charge in [-0.1, -0.05) is 55.1 Å². The third kappa shape index (κ3) is 17.6. The van der Waals surface area contributed by atoms with Crippen molar-refractivity contribution in [2.45, 2.75) is 172 Å². The number of hydrogen-bond acceptors (Lipinski definition) is 13. The van der Waals surface area contributed by atoms with Gasteiger partial charge >= 0.3 is 6.09 Å². The molecule has 0 spiro atoms. The van der Waals surface area contributed by atoms with Crippen molar-refractivity contribution >= 4 is 58.2 Å². The molecule has 4 aromatic rings. The van der Waals surface area contributed by atoms with Gasteiger partial charge in [-0.2, -0.15) is 0 Å². The molecule has 6 aliphatic rings. The maximum absolute atomic E-state index is 14.1. The Hall–Kier alpha value is -5.86. The minimum atomic E-state index is -1.10. The standard InChI is InChI=1S/C39H61N5O5.C24H29ClN6O3/c1-2-48-25-24-42-20-15-34(16-21-42)49-35-17-22-43(23-18-35)39(47)37(29-8-4-3-5-9-29)41-38(46)31-11-6-10-30(26-31)32-12-7-19-44(28-32)36(45)27-40-33-13-14-33;1-23(2,3)34-22(33)30-24(21(32)27-14-16-4-6-17(25)7-5-16)9-12-31(13-10-24)20-18-8-11-26-19(18)28-15-29-20/h6,10-11,26,29,32-35,37,40H,2-5,7-9,12-25,27-28H2,1H3,(H,41,46);4-8,11,15H,9-10,12-14H2,1-3H3,(H,27,32)(H,30,33)(H,26,28,29)/t32?,37-;/m1./s1. The molecule has 0 radical (unpaired) electrons. The Labute approximate surface area is 495 Å². The average molecular weight is 1160 g/mol. The van der Waals surface area contributed by atoms with Crippen LogP contribution in [0.3, 0.4) is 0 Å². The van der Waals surface area contributed by atoms with Crippen molar-refractivity contribution in [1.29, 1.82) is 0 Å². The Bertz CT molecular complexity index is 2760. The zero-order chi connectivity index (χ0) is 58.3. The first kappa shape index (κ1) is 61.7. The van der Waals surface area contributed by atoms with Crippen LogP contribution in [-0.2, 0) is 35.1 Å². The Morgan fingerprint density at radius 3 is 2.23 bits per heavy atom. The van der Waals surface area contributed by atoms with Crippen molar-refractivity contribution in [3.05, 3.63) is 88.8 Å². The summed E-state index contributed by atoms with van der Waals surface area (Å²) in [5, 5.41) is 14.0. The molecule has 2 saturated carbocycles. The highest BCUT2D eigenvalue weighted by atomic mass is 35.5. The van der Waals surface area contributed by atoms with Gasteiger partial charge < -0.3 is 60.1 Å². The van der Waals surface area contributed by atoms with E-state index in [-0.39, 0.29) is 41.6 Å². The summed E-state index contributed by atoms with van der Waals surface area (Å²) in [6, 6.07) is 17.1. The number of halogens is 1. The van der Waals surface area contributed by atoms with Crippen LogP contribution < -0.4 is 26.2 Å². The molecule has 6 heterocycles. The van der Waals surface area contributed by atoms with Gasteiger partial charge in [0.25, 0.3) is 5.91 Å². The van der Waals surface area contributed by atoms with Crippen molar-refractivity contribution < 1.29 is 38.2 Å². The van der Waals surface area contributed by atoms with E-state index in [0.717, 1.165) is 132 Å². The lowest BCUT2D eigenvalue weighted by atomic mass is 9.83. The average Bonchev–Trinajstić information content (AvgIpc) is 4.45. The number of rotatable bonds is 19. The molecule has 20 heteroatoms. The SMILES string of the molecule is CC(C)(C)OC(=O)NC1(C(=O)NCc2ccc(Cl)cc2)CCN(c2ncnc3[nH]ccc23)CC1.CCOCCN1CCC(OC2CCN(C(=O)[C@H](NC(=O)c3cccc(C4CCCN(C(=O)CNC5CC5)C4)c3)C3CCCCC3)CC2)CC1.